The minimum Gasteiger partial charge on any atom is -0.376 e. The van der Waals surface area contributed by atoms with E-state index >= 15 is 0 Å². The van der Waals surface area contributed by atoms with E-state index in [2.05, 4.69) is 10.6 Å². The monoisotopic (exact) mass is 307 g/mol. The molecule has 0 saturated heterocycles. The van der Waals surface area contributed by atoms with Gasteiger partial charge in [0.1, 0.15) is 0 Å². The molecule has 0 aromatic heterocycles. The van der Waals surface area contributed by atoms with Crippen molar-refractivity contribution >= 4 is 57.8 Å². The number of halogens is 1. The van der Waals surface area contributed by atoms with Crippen LogP contribution in [0.3, 0.4) is 0 Å². The molecule has 0 amide bonds. The van der Waals surface area contributed by atoms with Gasteiger partial charge in [-0.1, -0.05) is 23.4 Å². The Morgan fingerprint density at radius 3 is 2.79 bits per heavy atom. The van der Waals surface area contributed by atoms with E-state index in [9.17, 15) is 0 Å². The van der Waals surface area contributed by atoms with Crippen molar-refractivity contribution in [2.75, 3.05) is 10.6 Å². The Bertz CT molecular complexity index is 673. The lowest BCUT2D eigenvalue weighted by atomic mass is 10.2. The van der Waals surface area contributed by atoms with Crippen LogP contribution in [0.15, 0.2) is 46.2 Å². The molecule has 2 aromatic rings. The number of nitrogens with two attached hydrogens (primary N) is 1. The summed E-state index contributed by atoms with van der Waals surface area (Å²) in [6, 6.07) is 11.8. The van der Waals surface area contributed by atoms with Crippen LogP contribution in [0.25, 0.3) is 0 Å². The molecule has 4 N–H and O–H groups in total. The molecular formula is C13H10ClN3S2. The molecule has 0 aliphatic carbocycles. The fourth-order valence-electron chi connectivity index (χ4n) is 1.88. The number of thiocarbonyl (C=S) groups is 1. The molecule has 0 spiro atoms. The van der Waals surface area contributed by atoms with Gasteiger partial charge in [0.05, 0.1) is 11.4 Å². The number of rotatable bonds is 1. The van der Waals surface area contributed by atoms with Gasteiger partial charge in [0.2, 0.25) is 0 Å². The number of hydrogen-bond acceptors (Lipinski definition) is 3. The normalized spacial score (nSPS) is 12.1. The molecule has 6 heteroatoms. The van der Waals surface area contributed by atoms with E-state index in [1.54, 1.807) is 11.8 Å². The average molecular weight is 308 g/mol. The molecule has 3 nitrogen and oxygen atoms in total. The first-order valence-electron chi connectivity index (χ1n) is 5.57. The van der Waals surface area contributed by atoms with Gasteiger partial charge in [0.25, 0.3) is 0 Å². The SMILES string of the molecule is NC(=S)Nc1ccc2c(c1)Sc1ccc(Cl)cc1N2. The van der Waals surface area contributed by atoms with Crippen molar-refractivity contribution in [2.24, 2.45) is 5.73 Å². The Morgan fingerprint density at radius 1 is 1.16 bits per heavy atom. The van der Waals surface area contributed by atoms with Crippen LogP contribution in [0, 0.1) is 0 Å². The van der Waals surface area contributed by atoms with E-state index in [1.165, 1.54) is 0 Å². The van der Waals surface area contributed by atoms with Gasteiger partial charge in [0, 0.05) is 20.5 Å². The molecule has 19 heavy (non-hydrogen) atoms. The largest absolute Gasteiger partial charge is 0.376 e. The lowest BCUT2D eigenvalue weighted by molar-refractivity contribution is 1.31. The Labute approximate surface area is 125 Å². The molecule has 0 bridgehead atoms. The molecule has 0 atom stereocenters. The standard InChI is InChI=1S/C13H10ClN3S2/c14-7-1-4-11-10(5-7)17-9-3-2-8(16-13(15)18)6-12(9)19-11/h1-6,17H,(H3,15,16,18). The summed E-state index contributed by atoms with van der Waals surface area (Å²) in [6.45, 7) is 0. The number of hydrogen-bond donors (Lipinski definition) is 3. The first-order valence-corrected chi connectivity index (χ1v) is 7.17. The highest BCUT2D eigenvalue weighted by Gasteiger charge is 2.16. The van der Waals surface area contributed by atoms with Crippen molar-refractivity contribution < 1.29 is 0 Å². The van der Waals surface area contributed by atoms with E-state index in [1.807, 2.05) is 36.4 Å². The summed E-state index contributed by atoms with van der Waals surface area (Å²) in [5.74, 6) is 0. The van der Waals surface area contributed by atoms with Crippen LogP contribution in [-0.4, -0.2) is 5.11 Å². The van der Waals surface area contributed by atoms with E-state index in [4.69, 9.17) is 29.6 Å². The summed E-state index contributed by atoms with van der Waals surface area (Å²) >= 11 is 12.5. The topological polar surface area (TPSA) is 50.1 Å². The van der Waals surface area contributed by atoms with Crippen molar-refractivity contribution in [3.8, 4) is 0 Å². The Hall–Kier alpha value is -1.43. The van der Waals surface area contributed by atoms with Crippen LogP contribution in [-0.2, 0) is 0 Å². The summed E-state index contributed by atoms with van der Waals surface area (Å²) in [4.78, 5) is 2.26. The second-order valence-corrected chi connectivity index (χ2v) is 6.03. The molecule has 3 rings (SSSR count). The van der Waals surface area contributed by atoms with Crippen LogP contribution >= 0.6 is 35.6 Å². The van der Waals surface area contributed by atoms with Crippen LogP contribution in [0.1, 0.15) is 0 Å². The van der Waals surface area contributed by atoms with Crippen LogP contribution in [0.2, 0.25) is 5.02 Å². The zero-order valence-electron chi connectivity index (χ0n) is 9.74. The molecule has 0 unspecified atom stereocenters. The second-order valence-electron chi connectivity index (χ2n) is 4.07. The third-order valence-electron chi connectivity index (χ3n) is 2.68. The van der Waals surface area contributed by atoms with Crippen molar-refractivity contribution in [2.45, 2.75) is 9.79 Å². The molecule has 96 valence electrons. The zero-order valence-corrected chi connectivity index (χ0v) is 12.1. The third kappa shape index (κ3) is 2.63. The summed E-state index contributed by atoms with van der Waals surface area (Å²) in [6.07, 6.45) is 0. The molecule has 0 saturated carbocycles. The van der Waals surface area contributed by atoms with Crippen molar-refractivity contribution in [3.05, 3.63) is 41.4 Å². The Kier molecular flexibility index (Phi) is 3.26. The van der Waals surface area contributed by atoms with Gasteiger partial charge >= 0.3 is 0 Å². The van der Waals surface area contributed by atoms with Gasteiger partial charge in [0.15, 0.2) is 5.11 Å². The average Bonchev–Trinajstić information content (AvgIpc) is 2.35. The van der Waals surface area contributed by atoms with E-state index in [-0.39, 0.29) is 5.11 Å². The Morgan fingerprint density at radius 2 is 2.00 bits per heavy atom. The molecule has 0 radical (unpaired) electrons. The van der Waals surface area contributed by atoms with Crippen molar-refractivity contribution in [3.63, 3.8) is 0 Å². The zero-order chi connectivity index (χ0) is 13.4. The van der Waals surface area contributed by atoms with Crippen LogP contribution in [0.5, 0.6) is 0 Å². The Balaban J connectivity index is 1.95. The molecular weight excluding hydrogens is 298 g/mol. The van der Waals surface area contributed by atoms with Gasteiger partial charge in [-0.15, -0.1) is 0 Å². The number of anilines is 3. The summed E-state index contributed by atoms with van der Waals surface area (Å²) in [5, 5.41) is 7.29. The summed E-state index contributed by atoms with van der Waals surface area (Å²) in [7, 11) is 0. The highest BCUT2D eigenvalue weighted by Crippen LogP contribution is 2.45. The maximum atomic E-state index is 6.00. The lowest BCUT2D eigenvalue weighted by Gasteiger charge is -2.21. The molecule has 1 aliphatic heterocycles. The third-order valence-corrected chi connectivity index (χ3v) is 4.15. The molecule has 0 fully saturated rings. The number of benzene rings is 2. The quantitative estimate of drug-likeness (QED) is 0.588. The maximum absolute atomic E-state index is 6.00. The molecule has 2 aromatic carbocycles. The van der Waals surface area contributed by atoms with Crippen LogP contribution < -0.4 is 16.4 Å². The highest BCUT2D eigenvalue weighted by molar-refractivity contribution is 7.99. The lowest BCUT2D eigenvalue weighted by Crippen LogP contribution is -2.18. The van der Waals surface area contributed by atoms with Gasteiger partial charge in [-0.3, -0.25) is 0 Å². The fourth-order valence-corrected chi connectivity index (χ4v) is 3.18. The fraction of sp³-hybridized carbons (Fsp3) is 0. The summed E-state index contributed by atoms with van der Waals surface area (Å²) < 4.78 is 0. The maximum Gasteiger partial charge on any atom is 0.168 e. The highest BCUT2D eigenvalue weighted by atomic mass is 35.5. The van der Waals surface area contributed by atoms with Gasteiger partial charge in [-0.05, 0) is 48.6 Å². The van der Waals surface area contributed by atoms with E-state index < -0.39 is 0 Å². The first kappa shape index (κ1) is 12.6. The number of fused-ring (bicyclic) bond motifs is 2. The predicted molar refractivity (Wildman–Crippen MR) is 85.7 cm³/mol. The second kappa shape index (κ2) is 4.92. The minimum absolute atomic E-state index is 0.265. The van der Waals surface area contributed by atoms with Crippen molar-refractivity contribution in [1.82, 2.24) is 0 Å². The van der Waals surface area contributed by atoms with Gasteiger partial charge in [-0.2, -0.15) is 0 Å². The molecule has 1 aliphatic rings. The smallest absolute Gasteiger partial charge is 0.168 e. The van der Waals surface area contributed by atoms with Gasteiger partial charge in [-0.25, -0.2) is 0 Å². The number of nitrogens with one attached hydrogen (secondary N) is 2. The van der Waals surface area contributed by atoms with E-state index in [0.29, 0.717) is 0 Å². The molecule has 1 heterocycles. The predicted octanol–water partition coefficient (Wildman–Crippen LogP) is 4.20. The van der Waals surface area contributed by atoms with E-state index in [0.717, 1.165) is 31.9 Å². The minimum atomic E-state index is 0.265. The first-order chi connectivity index (χ1) is 9.11. The van der Waals surface area contributed by atoms with Crippen molar-refractivity contribution in [1.29, 1.82) is 0 Å². The van der Waals surface area contributed by atoms with Gasteiger partial charge < -0.3 is 16.4 Å². The van der Waals surface area contributed by atoms with Crippen LogP contribution in [0.4, 0.5) is 17.1 Å². The summed E-state index contributed by atoms with van der Waals surface area (Å²) in [5.41, 5.74) is 8.44.